The van der Waals surface area contributed by atoms with Gasteiger partial charge in [0.15, 0.2) is 17.5 Å². The Morgan fingerprint density at radius 2 is 1.59 bits per heavy atom. The van der Waals surface area contributed by atoms with Crippen LogP contribution in [-0.2, 0) is 10.3 Å². The highest BCUT2D eigenvalue weighted by atomic mass is 19.2. The van der Waals surface area contributed by atoms with E-state index in [1.54, 1.807) is 37.8 Å². The Morgan fingerprint density at radius 3 is 2.13 bits per heavy atom. The van der Waals surface area contributed by atoms with Gasteiger partial charge in [0, 0.05) is 12.6 Å². The van der Waals surface area contributed by atoms with Gasteiger partial charge in [-0.15, -0.1) is 6.42 Å². The Balaban J connectivity index is 1.59. The van der Waals surface area contributed by atoms with E-state index in [0.717, 1.165) is 22.4 Å². The molecule has 1 saturated heterocycles. The molecule has 0 bridgehead atoms. The molecule has 2 N–H and O–H groups in total. The van der Waals surface area contributed by atoms with Crippen molar-refractivity contribution in [3.8, 4) is 24.0 Å². The summed E-state index contributed by atoms with van der Waals surface area (Å²) < 4.78 is 34.9. The molecule has 0 aliphatic carbocycles. The normalized spacial score (nSPS) is 22.8. The fourth-order valence-corrected chi connectivity index (χ4v) is 6.37. The number of benzene rings is 3. The average molecular weight is 621 g/mol. The fourth-order valence-electron chi connectivity index (χ4n) is 6.37. The number of hydrogen-bond donors (Lipinski definition) is 2. The number of terminal acetylenes is 1. The molecule has 8 nitrogen and oxygen atoms in total. The molecule has 46 heavy (non-hydrogen) atoms. The molecular weight excluding hydrogens is 583 g/mol. The molecule has 4 atom stereocenters. The summed E-state index contributed by atoms with van der Waals surface area (Å²) in [6.45, 7) is 5.43. The number of methoxy groups -OCH3 is 1. The molecule has 0 spiro atoms. The average Bonchev–Trinajstić information content (AvgIpc) is 3.61. The molecule has 0 radical (unpaired) electrons. The highest BCUT2D eigenvalue weighted by Gasteiger charge is 2.62. The summed E-state index contributed by atoms with van der Waals surface area (Å²) in [7, 11) is 1.63. The molecule has 1 aliphatic rings. The van der Waals surface area contributed by atoms with Gasteiger partial charge in [0.2, 0.25) is 17.7 Å². The van der Waals surface area contributed by atoms with E-state index >= 15 is 4.39 Å². The van der Waals surface area contributed by atoms with E-state index in [2.05, 4.69) is 11.2 Å². The van der Waals surface area contributed by atoms with Gasteiger partial charge in [-0.2, -0.15) is 9.97 Å². The second-order valence-corrected chi connectivity index (χ2v) is 11.4. The summed E-state index contributed by atoms with van der Waals surface area (Å²) in [4.78, 5) is 9.81. The third-order valence-corrected chi connectivity index (χ3v) is 9.01. The lowest BCUT2D eigenvalue weighted by Crippen LogP contribution is -2.41. The zero-order valence-electron chi connectivity index (χ0n) is 26.3. The first kappa shape index (κ1) is 31.1. The van der Waals surface area contributed by atoms with Crippen LogP contribution in [0.2, 0.25) is 0 Å². The van der Waals surface area contributed by atoms with Crippen LogP contribution >= 0.6 is 0 Å². The number of nitrogens with zero attached hydrogens (tertiary/aromatic N) is 3. The largest absolute Gasteiger partial charge is 0.497 e. The van der Waals surface area contributed by atoms with E-state index in [9.17, 15) is 5.11 Å². The lowest BCUT2D eigenvalue weighted by atomic mass is 9.77. The molecule has 1 aliphatic heterocycles. The maximum atomic E-state index is 15.9. The van der Waals surface area contributed by atoms with E-state index in [4.69, 9.17) is 30.6 Å². The Morgan fingerprint density at radius 1 is 0.978 bits per heavy atom. The Kier molecular flexibility index (Phi) is 8.19. The zero-order chi connectivity index (χ0) is 32.5. The van der Waals surface area contributed by atoms with Crippen molar-refractivity contribution in [2.75, 3.05) is 19.0 Å². The lowest BCUT2D eigenvalue weighted by molar-refractivity contribution is -0.172. The first-order chi connectivity index (χ1) is 22.2. The summed E-state index contributed by atoms with van der Waals surface area (Å²) >= 11 is 0. The van der Waals surface area contributed by atoms with Crippen LogP contribution in [0.25, 0.3) is 11.0 Å². The molecule has 0 saturated carbocycles. The Hall–Kier alpha value is -4.91. The monoisotopic (exact) mass is 620 g/mol. The first-order valence-corrected chi connectivity index (χ1v) is 15.4. The molecule has 9 heteroatoms. The van der Waals surface area contributed by atoms with Crippen molar-refractivity contribution in [3.63, 3.8) is 0 Å². The lowest BCUT2D eigenvalue weighted by Gasteiger charge is -2.37. The van der Waals surface area contributed by atoms with Crippen LogP contribution in [0, 0.1) is 18.3 Å². The molecule has 0 amide bonds. The summed E-state index contributed by atoms with van der Waals surface area (Å²) in [5, 5.41) is 15.9. The van der Waals surface area contributed by atoms with Crippen molar-refractivity contribution in [1.29, 1.82) is 0 Å². The molecule has 0 unspecified atom stereocenters. The molecule has 236 valence electrons. The Bertz CT molecular complexity index is 1820. The third-order valence-electron chi connectivity index (χ3n) is 9.01. The molecule has 3 aromatic carbocycles. The number of hydrogen-bond acceptors (Lipinski definition) is 7. The van der Waals surface area contributed by atoms with E-state index < -0.39 is 29.1 Å². The van der Waals surface area contributed by atoms with Crippen molar-refractivity contribution in [2.45, 2.75) is 50.4 Å². The van der Waals surface area contributed by atoms with Crippen LogP contribution in [0.4, 0.5) is 10.3 Å². The zero-order valence-corrected chi connectivity index (χ0v) is 26.3. The topological polar surface area (TPSA) is 90.7 Å². The number of halogens is 1. The maximum absolute atomic E-state index is 15.9. The summed E-state index contributed by atoms with van der Waals surface area (Å²) in [5.74, 6) is 0.552. The number of ether oxygens (including phenoxy) is 3. The SMILES string of the molecule is C#C[C@]1(O)[C@H](n2ccc3c(OCC)nc(NC(c4ccccc4)(c4ccccc4)c4ccc(OC)cc4)nc32)O[C@](F)(CC)[C@H]1C. The molecule has 6 rings (SSSR count). The highest BCUT2D eigenvalue weighted by molar-refractivity contribution is 5.83. The van der Waals surface area contributed by atoms with Gasteiger partial charge in [0.05, 0.1) is 25.0 Å². The Labute approximate surface area is 268 Å². The van der Waals surface area contributed by atoms with Gasteiger partial charge < -0.3 is 29.2 Å². The van der Waals surface area contributed by atoms with E-state index in [-0.39, 0.29) is 12.4 Å². The van der Waals surface area contributed by atoms with Gasteiger partial charge in [0.25, 0.3) is 0 Å². The van der Waals surface area contributed by atoms with Crippen LogP contribution in [0.3, 0.4) is 0 Å². The quantitative estimate of drug-likeness (QED) is 0.130. The third kappa shape index (κ3) is 4.95. The maximum Gasteiger partial charge on any atom is 0.229 e. The number of aliphatic hydroxyl groups is 1. The van der Waals surface area contributed by atoms with Crippen molar-refractivity contribution in [3.05, 3.63) is 114 Å². The molecule has 5 aromatic rings. The minimum absolute atomic E-state index is 0.0123. The molecule has 2 aromatic heterocycles. The second-order valence-electron chi connectivity index (χ2n) is 11.4. The van der Waals surface area contributed by atoms with Crippen LogP contribution in [0.5, 0.6) is 11.6 Å². The summed E-state index contributed by atoms with van der Waals surface area (Å²) in [5.41, 5.74) is 0.213. The van der Waals surface area contributed by atoms with Gasteiger partial charge in [0.1, 0.15) is 11.3 Å². The second kappa shape index (κ2) is 12.1. The van der Waals surface area contributed by atoms with Crippen LogP contribution in [0.15, 0.2) is 97.2 Å². The number of nitrogens with one attached hydrogen (secondary N) is 1. The van der Waals surface area contributed by atoms with E-state index in [0.29, 0.717) is 23.5 Å². The van der Waals surface area contributed by atoms with Gasteiger partial charge >= 0.3 is 0 Å². The first-order valence-electron chi connectivity index (χ1n) is 15.4. The van der Waals surface area contributed by atoms with Crippen molar-refractivity contribution in [2.24, 2.45) is 5.92 Å². The number of alkyl halides is 1. The molecule has 1 fully saturated rings. The molecular formula is C37H37FN4O4. The summed E-state index contributed by atoms with van der Waals surface area (Å²) in [6.07, 6.45) is 6.27. The minimum Gasteiger partial charge on any atom is -0.497 e. The number of fused-ring (bicyclic) bond motifs is 1. The van der Waals surface area contributed by atoms with E-state index in [1.807, 2.05) is 91.9 Å². The van der Waals surface area contributed by atoms with Gasteiger partial charge in [-0.1, -0.05) is 92.6 Å². The van der Waals surface area contributed by atoms with Crippen molar-refractivity contribution < 1.29 is 23.7 Å². The van der Waals surface area contributed by atoms with Crippen LogP contribution in [-0.4, -0.2) is 44.8 Å². The minimum atomic E-state index is -2.14. The van der Waals surface area contributed by atoms with Crippen LogP contribution < -0.4 is 14.8 Å². The van der Waals surface area contributed by atoms with Gasteiger partial charge in [-0.05, 0) is 41.8 Å². The van der Waals surface area contributed by atoms with E-state index in [1.165, 1.54) is 0 Å². The smallest absolute Gasteiger partial charge is 0.229 e. The predicted octanol–water partition coefficient (Wildman–Crippen LogP) is 6.85. The van der Waals surface area contributed by atoms with Crippen molar-refractivity contribution >= 4 is 17.0 Å². The summed E-state index contributed by atoms with van der Waals surface area (Å²) in [6, 6.07) is 29.6. The van der Waals surface area contributed by atoms with Crippen molar-refractivity contribution in [1.82, 2.24) is 14.5 Å². The van der Waals surface area contributed by atoms with Gasteiger partial charge in [-0.25, -0.2) is 4.39 Å². The molecule has 3 heterocycles. The van der Waals surface area contributed by atoms with Gasteiger partial charge in [-0.3, -0.25) is 0 Å². The fraction of sp³-hybridized carbons (Fsp3) is 0.297. The number of aromatic nitrogens is 3. The number of rotatable bonds is 10. The number of anilines is 1. The van der Waals surface area contributed by atoms with Crippen LogP contribution in [0.1, 0.15) is 50.1 Å². The predicted molar refractivity (Wildman–Crippen MR) is 175 cm³/mol. The standard InChI is InChI=1S/C37H37FN4O4/c1-6-35(43)25(4)36(38,7-2)46-33(35)42-24-23-30-31(42)39-34(40-32(30)45-8-3)41-37(26-15-11-9-12-16-26,27-17-13-10-14-18-27)28-19-21-29(44-5)22-20-28/h1,9-25,33,43H,7-8H2,2-5H3,(H,39,40,41)/t25-,33+,35+,36+/m0/s1. The highest BCUT2D eigenvalue weighted by Crippen LogP contribution is 2.51.